The number of amides is 1. The molecule has 0 aliphatic rings. The van der Waals surface area contributed by atoms with Crippen LogP contribution in [0, 0.1) is 0 Å². The zero-order valence-electron chi connectivity index (χ0n) is 16.3. The number of phenolic OH excluding ortho intramolecular Hbond substituents is 1. The number of aryl methyl sites for hydroxylation is 1. The van der Waals surface area contributed by atoms with E-state index in [1.807, 2.05) is 20.8 Å². The second-order valence-electron chi connectivity index (χ2n) is 7.46. The first kappa shape index (κ1) is 20.1. The first-order chi connectivity index (χ1) is 12.4. The van der Waals surface area contributed by atoms with Crippen molar-refractivity contribution in [2.75, 3.05) is 24.7 Å². The summed E-state index contributed by atoms with van der Waals surface area (Å²) in [6, 6.07) is 4.57. The molecule has 0 spiro atoms. The highest BCUT2D eigenvalue weighted by molar-refractivity contribution is 5.98. The maximum Gasteiger partial charge on any atom is 0.290 e. The lowest BCUT2D eigenvalue weighted by Gasteiger charge is -2.24. The number of carbonyl (C=O) groups excluding carboxylic acids is 1. The van der Waals surface area contributed by atoms with E-state index in [1.54, 1.807) is 20.2 Å². The van der Waals surface area contributed by atoms with Gasteiger partial charge in [0, 0.05) is 26.7 Å². The molecule has 146 valence electrons. The Hall–Kier alpha value is -3.23. The van der Waals surface area contributed by atoms with Gasteiger partial charge in [-0.3, -0.25) is 24.2 Å². The van der Waals surface area contributed by atoms with Crippen LogP contribution in [0.4, 0.5) is 17.1 Å². The Morgan fingerprint density at radius 1 is 1.19 bits per heavy atom. The minimum atomic E-state index is -0.495. The molecule has 0 unspecified atom stereocenters. The molecule has 4 N–H and O–H groups in total. The number of carbonyl (C=O) groups is 1. The van der Waals surface area contributed by atoms with E-state index in [2.05, 4.69) is 15.7 Å². The van der Waals surface area contributed by atoms with Gasteiger partial charge in [-0.1, -0.05) is 6.07 Å². The second-order valence-corrected chi connectivity index (χ2v) is 7.46. The van der Waals surface area contributed by atoms with Crippen LogP contribution in [-0.2, 0) is 7.05 Å². The maximum absolute atomic E-state index is 12.6. The molecule has 2 rings (SSSR count). The van der Waals surface area contributed by atoms with Gasteiger partial charge in [-0.15, -0.1) is 0 Å². The number of benzene rings is 1. The van der Waals surface area contributed by atoms with Crippen LogP contribution in [0.15, 0.2) is 27.8 Å². The van der Waals surface area contributed by atoms with Gasteiger partial charge in [0.05, 0.1) is 11.3 Å². The molecule has 1 amide bonds. The monoisotopic (exact) mass is 375 g/mol. The van der Waals surface area contributed by atoms with Crippen molar-refractivity contribution in [1.29, 1.82) is 0 Å². The number of aromatic hydroxyl groups is 1. The molecular weight excluding hydrogens is 350 g/mol. The lowest BCUT2D eigenvalue weighted by atomic mass is 10.1. The molecular formula is C18H25N5O4. The summed E-state index contributed by atoms with van der Waals surface area (Å²) in [6.07, 6.45) is 0. The molecule has 27 heavy (non-hydrogen) atoms. The third kappa shape index (κ3) is 4.30. The van der Waals surface area contributed by atoms with Crippen molar-refractivity contribution in [1.82, 2.24) is 14.7 Å². The number of nitrogens with zero attached hydrogens (tertiary/aromatic N) is 2. The number of rotatable bonds is 4. The number of aromatic nitrogens is 2. The molecule has 0 aliphatic heterocycles. The number of H-pyrrole nitrogens is 1. The summed E-state index contributed by atoms with van der Waals surface area (Å²) in [7, 11) is 4.56. The molecule has 0 atom stereocenters. The van der Waals surface area contributed by atoms with Crippen LogP contribution in [0.5, 0.6) is 5.75 Å². The summed E-state index contributed by atoms with van der Waals surface area (Å²) in [4.78, 5) is 38.5. The third-order valence-corrected chi connectivity index (χ3v) is 3.70. The number of aromatic amines is 1. The van der Waals surface area contributed by atoms with E-state index in [1.165, 1.54) is 24.1 Å². The van der Waals surface area contributed by atoms with Crippen molar-refractivity contribution in [3.63, 3.8) is 0 Å². The van der Waals surface area contributed by atoms with Crippen LogP contribution in [0.25, 0.3) is 0 Å². The summed E-state index contributed by atoms with van der Waals surface area (Å²) in [6.45, 7) is 5.55. The van der Waals surface area contributed by atoms with Gasteiger partial charge in [-0.05, 0) is 32.9 Å². The van der Waals surface area contributed by atoms with Crippen LogP contribution >= 0.6 is 0 Å². The first-order valence-corrected chi connectivity index (χ1v) is 8.34. The van der Waals surface area contributed by atoms with E-state index in [0.29, 0.717) is 0 Å². The van der Waals surface area contributed by atoms with Crippen molar-refractivity contribution in [2.24, 2.45) is 7.05 Å². The SMILES string of the molecule is CN(C)C(=O)c1cccc(Nc2c(NC(C)(C)C)c(=O)[nH]n(C)c2=O)c1O. The summed E-state index contributed by atoms with van der Waals surface area (Å²) in [5.41, 5.74) is -1.23. The molecule has 9 heteroatoms. The minimum Gasteiger partial charge on any atom is -0.505 e. The highest BCUT2D eigenvalue weighted by Crippen LogP contribution is 2.31. The van der Waals surface area contributed by atoms with Crippen molar-refractivity contribution in [3.8, 4) is 5.75 Å². The highest BCUT2D eigenvalue weighted by atomic mass is 16.3. The quantitative estimate of drug-likeness (QED) is 0.600. The van der Waals surface area contributed by atoms with Gasteiger partial charge >= 0.3 is 0 Å². The molecule has 0 radical (unpaired) electrons. The smallest absolute Gasteiger partial charge is 0.290 e. The van der Waals surface area contributed by atoms with Gasteiger partial charge in [-0.25, -0.2) is 0 Å². The van der Waals surface area contributed by atoms with Crippen LogP contribution in [0.3, 0.4) is 0 Å². The van der Waals surface area contributed by atoms with Gasteiger partial charge < -0.3 is 20.6 Å². The van der Waals surface area contributed by atoms with E-state index in [0.717, 1.165) is 4.68 Å². The van der Waals surface area contributed by atoms with Gasteiger partial charge in [0.2, 0.25) is 0 Å². The van der Waals surface area contributed by atoms with Gasteiger partial charge in [0.25, 0.3) is 17.0 Å². The van der Waals surface area contributed by atoms with Crippen LogP contribution in [0.1, 0.15) is 31.1 Å². The zero-order chi connectivity index (χ0) is 20.5. The normalized spacial score (nSPS) is 11.2. The minimum absolute atomic E-state index is 0.0269. The fourth-order valence-electron chi connectivity index (χ4n) is 2.45. The Labute approximate surface area is 156 Å². The predicted molar refractivity (Wildman–Crippen MR) is 105 cm³/mol. The van der Waals surface area contributed by atoms with Crippen LogP contribution in [0.2, 0.25) is 0 Å². The van der Waals surface area contributed by atoms with Crippen molar-refractivity contribution in [3.05, 3.63) is 44.5 Å². The Kier molecular flexibility index (Phi) is 5.34. The third-order valence-electron chi connectivity index (χ3n) is 3.70. The second kappa shape index (κ2) is 7.18. The van der Waals surface area contributed by atoms with E-state index in [4.69, 9.17) is 0 Å². The molecule has 1 aromatic carbocycles. The summed E-state index contributed by atoms with van der Waals surface area (Å²) in [5.74, 6) is -0.691. The number of anilines is 3. The molecule has 0 saturated heterocycles. The van der Waals surface area contributed by atoms with Crippen molar-refractivity contribution in [2.45, 2.75) is 26.3 Å². The fourth-order valence-corrected chi connectivity index (χ4v) is 2.45. The number of nitrogens with one attached hydrogen (secondary N) is 3. The van der Waals surface area contributed by atoms with Crippen LogP contribution < -0.4 is 21.8 Å². The molecule has 1 aromatic heterocycles. The average molecular weight is 375 g/mol. The van der Waals surface area contributed by atoms with Crippen LogP contribution in [-0.4, -0.2) is 45.3 Å². The zero-order valence-corrected chi connectivity index (χ0v) is 16.3. The van der Waals surface area contributed by atoms with E-state index in [9.17, 15) is 19.5 Å². The summed E-state index contributed by atoms with van der Waals surface area (Å²) >= 11 is 0. The molecule has 0 fully saturated rings. The number of para-hydroxylation sites is 1. The topological polar surface area (TPSA) is 119 Å². The molecule has 0 aliphatic carbocycles. The maximum atomic E-state index is 12.6. The van der Waals surface area contributed by atoms with E-state index < -0.39 is 16.7 Å². The molecule has 1 heterocycles. The summed E-state index contributed by atoms with van der Waals surface area (Å²) in [5, 5.41) is 18.8. The number of hydrogen-bond acceptors (Lipinski definition) is 6. The lowest BCUT2D eigenvalue weighted by molar-refractivity contribution is 0.0824. The van der Waals surface area contributed by atoms with E-state index >= 15 is 0 Å². The van der Waals surface area contributed by atoms with Crippen molar-refractivity contribution >= 4 is 23.0 Å². The largest absolute Gasteiger partial charge is 0.505 e. The molecule has 0 bridgehead atoms. The predicted octanol–water partition coefficient (Wildman–Crippen LogP) is 1.43. The molecule has 0 saturated carbocycles. The molecule has 9 nitrogen and oxygen atoms in total. The van der Waals surface area contributed by atoms with E-state index in [-0.39, 0.29) is 34.3 Å². The fraction of sp³-hybridized carbons (Fsp3) is 0.389. The van der Waals surface area contributed by atoms with Gasteiger partial charge in [0.15, 0.2) is 5.75 Å². The lowest BCUT2D eigenvalue weighted by Crippen LogP contribution is -2.36. The Balaban J connectivity index is 2.62. The number of phenols is 1. The first-order valence-electron chi connectivity index (χ1n) is 8.34. The van der Waals surface area contributed by atoms with Gasteiger partial charge in [0.1, 0.15) is 11.4 Å². The van der Waals surface area contributed by atoms with Crippen molar-refractivity contribution < 1.29 is 9.90 Å². The number of hydrogen-bond donors (Lipinski definition) is 4. The summed E-state index contributed by atoms with van der Waals surface area (Å²) < 4.78 is 1.05. The van der Waals surface area contributed by atoms with Gasteiger partial charge in [-0.2, -0.15) is 0 Å². The standard InChI is InChI=1S/C18H25N5O4/c1-18(2,3)20-12-13(17(27)23(6)21-15(12)25)19-11-9-7-8-10(14(11)24)16(26)22(4)5/h7-9,19-20,24H,1-6H3,(H,21,25). The highest BCUT2D eigenvalue weighted by Gasteiger charge is 2.22. The Bertz CT molecular complexity index is 983. The Morgan fingerprint density at radius 2 is 1.81 bits per heavy atom. The molecule has 2 aromatic rings. The Morgan fingerprint density at radius 3 is 2.37 bits per heavy atom. The average Bonchev–Trinajstić information content (AvgIpc) is 2.55.